The van der Waals surface area contributed by atoms with Crippen molar-refractivity contribution >= 4 is 44.9 Å². The van der Waals surface area contributed by atoms with E-state index in [4.69, 9.17) is 4.74 Å². The lowest BCUT2D eigenvalue weighted by atomic mass is 10.2. The third-order valence-electron chi connectivity index (χ3n) is 3.67. The lowest BCUT2D eigenvalue weighted by Gasteiger charge is -2.13. The highest BCUT2D eigenvalue weighted by Gasteiger charge is 2.34. The average Bonchev–Trinajstić information content (AvgIpc) is 2.86. The standard InChI is InChI=1S/C19H16BrNO3S/c1-13-6-8-15(9-7-13)24-11-10-21-18(22)17(25-19(21)23)12-14-4-2-3-5-16(14)20/h2-9,12H,10-11H2,1H3/b17-12-. The van der Waals surface area contributed by atoms with E-state index >= 15 is 0 Å². The van der Waals surface area contributed by atoms with Crippen molar-refractivity contribution in [1.29, 1.82) is 0 Å². The van der Waals surface area contributed by atoms with Gasteiger partial charge in [-0.3, -0.25) is 14.5 Å². The number of nitrogens with zero attached hydrogens (tertiary/aromatic N) is 1. The Labute approximate surface area is 159 Å². The quantitative estimate of drug-likeness (QED) is 0.650. The average molecular weight is 418 g/mol. The third kappa shape index (κ3) is 4.32. The highest BCUT2D eigenvalue weighted by Crippen LogP contribution is 2.33. The van der Waals surface area contributed by atoms with Gasteiger partial charge in [0.05, 0.1) is 11.4 Å². The second-order valence-electron chi connectivity index (χ2n) is 5.52. The lowest BCUT2D eigenvalue weighted by molar-refractivity contribution is -0.123. The van der Waals surface area contributed by atoms with Gasteiger partial charge in [-0.05, 0) is 48.5 Å². The maximum absolute atomic E-state index is 12.5. The van der Waals surface area contributed by atoms with Crippen LogP contribution in [-0.2, 0) is 4.79 Å². The zero-order valence-corrected chi connectivity index (χ0v) is 16.0. The van der Waals surface area contributed by atoms with Crippen molar-refractivity contribution in [3.63, 3.8) is 0 Å². The number of halogens is 1. The molecule has 0 aliphatic carbocycles. The summed E-state index contributed by atoms with van der Waals surface area (Å²) in [5.41, 5.74) is 2.01. The van der Waals surface area contributed by atoms with Crippen LogP contribution in [0.2, 0.25) is 0 Å². The molecule has 0 atom stereocenters. The van der Waals surface area contributed by atoms with E-state index in [1.54, 1.807) is 6.08 Å². The number of thioether (sulfide) groups is 1. The summed E-state index contributed by atoms with van der Waals surface area (Å²) < 4.78 is 6.49. The van der Waals surface area contributed by atoms with Crippen molar-refractivity contribution in [1.82, 2.24) is 4.90 Å². The molecule has 128 valence electrons. The number of ether oxygens (including phenoxy) is 1. The molecule has 1 aliphatic rings. The molecule has 0 saturated carbocycles. The molecule has 2 aromatic rings. The third-order valence-corrected chi connectivity index (χ3v) is 5.30. The molecule has 0 aromatic heterocycles. The number of carbonyl (C=O) groups is 2. The molecule has 0 unspecified atom stereocenters. The number of benzene rings is 2. The van der Waals surface area contributed by atoms with Gasteiger partial charge in [-0.1, -0.05) is 51.8 Å². The number of carbonyl (C=O) groups excluding carboxylic acids is 2. The highest BCUT2D eigenvalue weighted by atomic mass is 79.9. The number of hydrogen-bond acceptors (Lipinski definition) is 4. The fourth-order valence-electron chi connectivity index (χ4n) is 2.32. The normalized spacial score (nSPS) is 15.9. The van der Waals surface area contributed by atoms with Crippen LogP contribution in [-0.4, -0.2) is 29.2 Å². The van der Waals surface area contributed by atoms with Gasteiger partial charge < -0.3 is 4.74 Å². The minimum atomic E-state index is -0.279. The van der Waals surface area contributed by atoms with Crippen LogP contribution in [0.1, 0.15) is 11.1 Å². The van der Waals surface area contributed by atoms with Crippen LogP contribution >= 0.6 is 27.7 Å². The molecule has 1 heterocycles. The van der Waals surface area contributed by atoms with Gasteiger partial charge in [0.1, 0.15) is 12.4 Å². The predicted molar refractivity (Wildman–Crippen MR) is 103 cm³/mol. The van der Waals surface area contributed by atoms with E-state index in [0.717, 1.165) is 33.1 Å². The first-order valence-electron chi connectivity index (χ1n) is 7.74. The van der Waals surface area contributed by atoms with Gasteiger partial charge in [-0.2, -0.15) is 0 Å². The molecular formula is C19H16BrNO3S. The summed E-state index contributed by atoms with van der Waals surface area (Å²) in [6.07, 6.45) is 1.73. The van der Waals surface area contributed by atoms with E-state index in [2.05, 4.69) is 15.9 Å². The highest BCUT2D eigenvalue weighted by molar-refractivity contribution is 9.10. The maximum Gasteiger partial charge on any atom is 0.293 e. The summed E-state index contributed by atoms with van der Waals surface area (Å²) >= 11 is 4.40. The Morgan fingerprint density at radius 1 is 1.12 bits per heavy atom. The summed E-state index contributed by atoms with van der Waals surface area (Å²) in [6.45, 7) is 2.50. The molecule has 0 spiro atoms. The predicted octanol–water partition coefficient (Wildman–Crippen LogP) is 4.87. The Bertz CT molecular complexity index is 833. The van der Waals surface area contributed by atoms with Crippen LogP contribution < -0.4 is 4.74 Å². The largest absolute Gasteiger partial charge is 0.492 e. The summed E-state index contributed by atoms with van der Waals surface area (Å²) in [4.78, 5) is 26.2. The van der Waals surface area contributed by atoms with Crippen molar-refractivity contribution in [3.05, 3.63) is 69.0 Å². The Hall–Kier alpha value is -2.05. The second kappa shape index (κ2) is 7.89. The zero-order chi connectivity index (χ0) is 17.8. The van der Waals surface area contributed by atoms with Crippen molar-refractivity contribution in [2.75, 3.05) is 13.2 Å². The van der Waals surface area contributed by atoms with Gasteiger partial charge in [0.15, 0.2) is 0 Å². The molecule has 0 bridgehead atoms. The van der Waals surface area contributed by atoms with Crippen molar-refractivity contribution in [3.8, 4) is 5.75 Å². The van der Waals surface area contributed by atoms with E-state index in [-0.39, 0.29) is 24.3 Å². The van der Waals surface area contributed by atoms with E-state index in [1.807, 2.05) is 55.5 Å². The van der Waals surface area contributed by atoms with E-state index in [0.29, 0.717) is 4.91 Å². The van der Waals surface area contributed by atoms with E-state index < -0.39 is 0 Å². The first kappa shape index (κ1) is 17.8. The fraction of sp³-hybridized carbons (Fsp3) is 0.158. The SMILES string of the molecule is Cc1ccc(OCCN2C(=O)S/C(=C\c3ccccc3Br)C2=O)cc1. The van der Waals surface area contributed by atoms with E-state index in [9.17, 15) is 9.59 Å². The van der Waals surface area contributed by atoms with Gasteiger partial charge in [-0.25, -0.2) is 0 Å². The Balaban J connectivity index is 1.63. The maximum atomic E-state index is 12.5. The molecule has 2 amide bonds. The molecule has 3 rings (SSSR count). The first-order valence-corrected chi connectivity index (χ1v) is 9.35. The molecule has 25 heavy (non-hydrogen) atoms. The van der Waals surface area contributed by atoms with Gasteiger partial charge in [0, 0.05) is 4.47 Å². The van der Waals surface area contributed by atoms with Crippen LogP contribution in [0.5, 0.6) is 5.75 Å². The topological polar surface area (TPSA) is 46.6 Å². The van der Waals surface area contributed by atoms with Gasteiger partial charge >= 0.3 is 0 Å². The molecule has 6 heteroatoms. The smallest absolute Gasteiger partial charge is 0.293 e. The van der Waals surface area contributed by atoms with Crippen LogP contribution in [0, 0.1) is 6.92 Å². The number of aryl methyl sites for hydroxylation is 1. The minimum Gasteiger partial charge on any atom is -0.492 e. The summed E-state index contributed by atoms with van der Waals surface area (Å²) in [6, 6.07) is 15.2. The summed E-state index contributed by atoms with van der Waals surface area (Å²) in [5.74, 6) is 0.444. The van der Waals surface area contributed by atoms with Crippen LogP contribution in [0.15, 0.2) is 57.9 Å². The summed E-state index contributed by atoms with van der Waals surface area (Å²) in [7, 11) is 0. The molecule has 0 N–H and O–H groups in total. The summed E-state index contributed by atoms with van der Waals surface area (Å²) in [5, 5.41) is -0.268. The number of amides is 2. The van der Waals surface area contributed by atoms with Gasteiger partial charge in [-0.15, -0.1) is 0 Å². The fourth-order valence-corrected chi connectivity index (χ4v) is 3.57. The second-order valence-corrected chi connectivity index (χ2v) is 7.36. The molecule has 1 fully saturated rings. The minimum absolute atomic E-state index is 0.228. The molecule has 1 saturated heterocycles. The molecule has 2 aromatic carbocycles. The van der Waals surface area contributed by atoms with E-state index in [1.165, 1.54) is 4.90 Å². The Morgan fingerprint density at radius 3 is 2.56 bits per heavy atom. The van der Waals surface area contributed by atoms with Crippen LogP contribution in [0.4, 0.5) is 4.79 Å². The van der Waals surface area contributed by atoms with Crippen molar-refractivity contribution in [2.45, 2.75) is 6.92 Å². The molecule has 4 nitrogen and oxygen atoms in total. The molecule has 0 radical (unpaired) electrons. The van der Waals surface area contributed by atoms with Gasteiger partial charge in [0.2, 0.25) is 0 Å². The number of rotatable bonds is 5. The van der Waals surface area contributed by atoms with Crippen molar-refractivity contribution < 1.29 is 14.3 Å². The van der Waals surface area contributed by atoms with Gasteiger partial charge in [0.25, 0.3) is 11.1 Å². The lowest BCUT2D eigenvalue weighted by Crippen LogP contribution is -2.32. The van der Waals surface area contributed by atoms with Crippen molar-refractivity contribution in [2.24, 2.45) is 0 Å². The molecular weight excluding hydrogens is 402 g/mol. The van der Waals surface area contributed by atoms with Crippen LogP contribution in [0.25, 0.3) is 6.08 Å². The number of imide groups is 1. The number of hydrogen-bond donors (Lipinski definition) is 0. The monoisotopic (exact) mass is 417 g/mol. The van der Waals surface area contributed by atoms with Crippen LogP contribution in [0.3, 0.4) is 0 Å². The zero-order valence-electron chi connectivity index (χ0n) is 13.6. The Morgan fingerprint density at radius 2 is 1.84 bits per heavy atom. The Kier molecular flexibility index (Phi) is 5.60. The molecule has 1 aliphatic heterocycles. The first-order chi connectivity index (χ1) is 12.0.